The second-order valence-electron chi connectivity index (χ2n) is 12.2. The van der Waals surface area contributed by atoms with Crippen molar-refractivity contribution in [2.75, 3.05) is 6.54 Å². The summed E-state index contributed by atoms with van der Waals surface area (Å²) < 4.78 is 29.5. The zero-order chi connectivity index (χ0) is 30.6. The fourth-order valence-electron chi connectivity index (χ4n) is 6.88. The summed E-state index contributed by atoms with van der Waals surface area (Å²) in [4.78, 5) is 33.6. The van der Waals surface area contributed by atoms with E-state index < -0.39 is 5.92 Å². The van der Waals surface area contributed by atoms with Crippen LogP contribution in [0.4, 0.5) is 8.78 Å². The maximum absolute atomic E-state index is 13.6. The zero-order valence-corrected chi connectivity index (χ0v) is 26.6. The standard InChI is InChI=1S/C26H38F2N6OS.C4H3NOS/c1-16(2)23-32-31-17(3)34(23)21-14-19-4-5-20(15-21)33(19)12-8-22(25-29-11-13-36-25)30-24(35)18-6-9-26(27,28)10-7-18;6-3-4-5-1-2-7-4/h11,13,16,18-22H,4-10,12,14-15H2,1-3H3,(H,30,35);1-3H/t19?,20?,21?,22-;/m0./s1. The van der Waals surface area contributed by atoms with Gasteiger partial charge in [-0.2, -0.15) is 0 Å². The molecule has 3 atom stereocenters. The summed E-state index contributed by atoms with van der Waals surface area (Å²) >= 11 is 2.89. The van der Waals surface area contributed by atoms with Gasteiger partial charge in [-0.15, -0.1) is 32.9 Å². The van der Waals surface area contributed by atoms with Crippen LogP contribution in [0.2, 0.25) is 0 Å². The van der Waals surface area contributed by atoms with Crippen LogP contribution in [0.3, 0.4) is 0 Å². The number of hydrogen-bond donors (Lipinski definition) is 1. The van der Waals surface area contributed by atoms with E-state index in [2.05, 4.69) is 55.7 Å². The highest BCUT2D eigenvalue weighted by atomic mass is 32.1. The van der Waals surface area contributed by atoms with Gasteiger partial charge < -0.3 is 9.88 Å². The molecule has 9 nitrogen and oxygen atoms in total. The number of rotatable bonds is 9. The highest BCUT2D eigenvalue weighted by molar-refractivity contribution is 7.11. The molecule has 1 amide bonds. The number of halogens is 2. The van der Waals surface area contributed by atoms with Crippen LogP contribution < -0.4 is 5.32 Å². The summed E-state index contributed by atoms with van der Waals surface area (Å²) in [7, 11) is 0. The summed E-state index contributed by atoms with van der Waals surface area (Å²) in [6.07, 6.45) is 9.59. The Hall–Kier alpha value is -2.64. The molecule has 0 radical (unpaired) electrons. The molecule has 43 heavy (non-hydrogen) atoms. The lowest BCUT2D eigenvalue weighted by Crippen LogP contribution is -2.45. The van der Waals surface area contributed by atoms with Crippen LogP contribution in [0.15, 0.2) is 23.2 Å². The maximum atomic E-state index is 13.6. The number of hydrogen-bond acceptors (Lipinski definition) is 9. The van der Waals surface area contributed by atoms with Crippen LogP contribution in [0.25, 0.3) is 0 Å². The van der Waals surface area contributed by atoms with Crippen molar-refractivity contribution in [3.63, 3.8) is 0 Å². The molecule has 3 aromatic heterocycles. The van der Waals surface area contributed by atoms with Gasteiger partial charge in [0.25, 0.3) is 0 Å². The topological polar surface area (TPSA) is 106 Å². The second-order valence-corrected chi connectivity index (χ2v) is 14.1. The molecule has 0 spiro atoms. The van der Waals surface area contributed by atoms with Crippen LogP contribution in [-0.4, -0.2) is 66.4 Å². The number of aldehydes is 1. The van der Waals surface area contributed by atoms with Crippen LogP contribution in [0, 0.1) is 12.8 Å². The lowest BCUT2D eigenvalue weighted by molar-refractivity contribution is -0.130. The number of nitrogens with one attached hydrogen (secondary N) is 1. The first kappa shape index (κ1) is 31.8. The van der Waals surface area contributed by atoms with E-state index in [1.165, 1.54) is 24.2 Å². The predicted octanol–water partition coefficient (Wildman–Crippen LogP) is 6.36. The molecule has 2 bridgehead atoms. The van der Waals surface area contributed by atoms with Crippen LogP contribution >= 0.6 is 22.7 Å². The first-order valence-electron chi connectivity index (χ1n) is 15.2. The van der Waals surface area contributed by atoms with Gasteiger partial charge in [0.15, 0.2) is 11.3 Å². The average Bonchev–Trinajstić information content (AvgIpc) is 3.79. The molecule has 13 heteroatoms. The Kier molecular flexibility index (Phi) is 10.3. The molecular weight excluding hydrogens is 593 g/mol. The number of alkyl halides is 2. The summed E-state index contributed by atoms with van der Waals surface area (Å²) in [5, 5.41) is 17.1. The monoisotopic (exact) mass is 633 g/mol. The van der Waals surface area contributed by atoms with Crippen molar-refractivity contribution < 1.29 is 18.4 Å². The largest absolute Gasteiger partial charge is 0.347 e. The van der Waals surface area contributed by atoms with Gasteiger partial charge in [0.1, 0.15) is 16.7 Å². The highest BCUT2D eigenvalue weighted by Gasteiger charge is 2.43. The van der Waals surface area contributed by atoms with Crippen molar-refractivity contribution in [1.82, 2.24) is 34.9 Å². The lowest BCUT2D eigenvalue weighted by Gasteiger charge is -2.40. The smallest absolute Gasteiger partial charge is 0.248 e. The van der Waals surface area contributed by atoms with Gasteiger partial charge in [0.05, 0.1) is 6.04 Å². The second kappa shape index (κ2) is 14.0. The Balaban J connectivity index is 0.000000463. The first-order valence-corrected chi connectivity index (χ1v) is 17.0. The number of thiazole rings is 2. The normalized spacial score (nSPS) is 24.4. The first-order chi connectivity index (χ1) is 20.6. The quantitative estimate of drug-likeness (QED) is 0.273. The summed E-state index contributed by atoms with van der Waals surface area (Å²) in [6, 6.07) is 1.29. The average molecular weight is 634 g/mol. The van der Waals surface area contributed by atoms with Gasteiger partial charge in [-0.1, -0.05) is 13.8 Å². The summed E-state index contributed by atoms with van der Waals surface area (Å²) in [5.74, 6) is -0.628. The number of aryl methyl sites for hydroxylation is 1. The zero-order valence-electron chi connectivity index (χ0n) is 25.0. The SMILES string of the molecule is Cc1nnc(C(C)C)n1C1CC2CCC(C1)N2CC[C@H](NC(=O)C1CCC(F)(F)CC1)c1nccs1.O=Cc1nccs1. The number of amides is 1. The van der Waals surface area contributed by atoms with E-state index in [4.69, 9.17) is 0 Å². The molecule has 1 N–H and O–H groups in total. The number of carbonyl (C=O) groups is 2. The van der Waals surface area contributed by atoms with Gasteiger partial charge in [-0.25, -0.2) is 18.7 Å². The maximum Gasteiger partial charge on any atom is 0.248 e. The minimum atomic E-state index is -2.63. The van der Waals surface area contributed by atoms with E-state index in [-0.39, 0.29) is 43.6 Å². The van der Waals surface area contributed by atoms with E-state index in [0.29, 0.717) is 29.1 Å². The molecule has 0 aromatic carbocycles. The molecule has 1 aliphatic carbocycles. The van der Waals surface area contributed by atoms with Crippen molar-refractivity contribution in [1.29, 1.82) is 0 Å². The molecular formula is C30H41F2N7O2S2. The molecule has 6 rings (SSSR count). The van der Waals surface area contributed by atoms with Crippen LogP contribution in [0.5, 0.6) is 0 Å². The van der Waals surface area contributed by atoms with Crippen molar-refractivity contribution >= 4 is 34.9 Å². The molecule has 2 saturated heterocycles. The van der Waals surface area contributed by atoms with E-state index in [1.807, 2.05) is 5.38 Å². The van der Waals surface area contributed by atoms with Crippen molar-refractivity contribution in [3.8, 4) is 0 Å². The van der Waals surface area contributed by atoms with Crippen molar-refractivity contribution in [2.45, 2.75) is 115 Å². The lowest BCUT2D eigenvalue weighted by atomic mass is 9.86. The van der Waals surface area contributed by atoms with E-state index in [0.717, 1.165) is 48.7 Å². The molecule has 3 fully saturated rings. The minimum absolute atomic E-state index is 0.100. The molecule has 3 aliphatic rings. The fourth-order valence-corrected chi connectivity index (χ4v) is 8.04. The number of aromatic nitrogens is 5. The van der Waals surface area contributed by atoms with E-state index in [1.54, 1.807) is 29.1 Å². The Morgan fingerprint density at radius 3 is 2.28 bits per heavy atom. The Bertz CT molecular complexity index is 1310. The Labute approximate surface area is 259 Å². The summed E-state index contributed by atoms with van der Waals surface area (Å²) in [6.45, 7) is 7.31. The third-order valence-electron chi connectivity index (χ3n) is 9.02. The number of piperidine rings is 1. The third-order valence-corrected chi connectivity index (χ3v) is 10.6. The van der Waals surface area contributed by atoms with Crippen molar-refractivity contribution in [2.24, 2.45) is 5.92 Å². The number of nitrogens with zero attached hydrogens (tertiary/aromatic N) is 6. The number of fused-ring (bicyclic) bond motifs is 2. The molecule has 2 aliphatic heterocycles. The van der Waals surface area contributed by atoms with Crippen molar-refractivity contribution in [3.05, 3.63) is 44.8 Å². The highest BCUT2D eigenvalue weighted by Crippen LogP contribution is 2.43. The van der Waals surface area contributed by atoms with E-state index >= 15 is 0 Å². The van der Waals surface area contributed by atoms with Gasteiger partial charge in [0, 0.05) is 72.5 Å². The van der Waals surface area contributed by atoms with Crippen LogP contribution in [0.1, 0.15) is 116 Å². The molecule has 2 unspecified atom stereocenters. The van der Waals surface area contributed by atoms with Gasteiger partial charge >= 0.3 is 0 Å². The molecule has 1 saturated carbocycles. The molecule has 234 valence electrons. The predicted molar refractivity (Wildman–Crippen MR) is 163 cm³/mol. The molecule has 5 heterocycles. The van der Waals surface area contributed by atoms with E-state index in [9.17, 15) is 18.4 Å². The fraction of sp³-hybridized carbons (Fsp3) is 0.667. The Morgan fingerprint density at radius 1 is 1.05 bits per heavy atom. The Morgan fingerprint density at radius 2 is 1.72 bits per heavy atom. The molecule has 3 aromatic rings. The summed E-state index contributed by atoms with van der Waals surface area (Å²) in [5.41, 5.74) is 0. The van der Waals surface area contributed by atoms with Gasteiger partial charge in [-0.3, -0.25) is 14.5 Å². The van der Waals surface area contributed by atoms with Gasteiger partial charge in [0.2, 0.25) is 11.8 Å². The number of carbonyl (C=O) groups excluding carboxylic acids is 2. The van der Waals surface area contributed by atoms with Crippen LogP contribution in [-0.2, 0) is 4.79 Å². The third kappa shape index (κ3) is 7.72. The van der Waals surface area contributed by atoms with Gasteiger partial charge in [-0.05, 0) is 51.9 Å². The minimum Gasteiger partial charge on any atom is -0.347 e.